The third-order valence-electron chi connectivity index (χ3n) is 6.06. The van der Waals surface area contributed by atoms with Crippen molar-refractivity contribution in [2.24, 2.45) is 0 Å². The highest BCUT2D eigenvalue weighted by molar-refractivity contribution is 7.89. The fourth-order valence-electron chi connectivity index (χ4n) is 4.22. The third kappa shape index (κ3) is 4.95. The summed E-state index contributed by atoms with van der Waals surface area (Å²) < 4.78 is 41.8. The van der Waals surface area contributed by atoms with Gasteiger partial charge in [0.1, 0.15) is 5.82 Å². The highest BCUT2D eigenvalue weighted by Crippen LogP contribution is 2.22. The number of nitrogens with one attached hydrogen (secondary N) is 1. The number of sulfonamides is 1. The second-order valence-corrected chi connectivity index (χ2v) is 10.6. The molecule has 0 spiro atoms. The topological polar surface area (TPSA) is 70.2 Å². The molecule has 34 heavy (non-hydrogen) atoms. The van der Waals surface area contributed by atoms with Crippen molar-refractivity contribution in [3.05, 3.63) is 111 Å². The summed E-state index contributed by atoms with van der Waals surface area (Å²) in [6.45, 7) is 5.97. The van der Waals surface area contributed by atoms with Crippen molar-refractivity contribution < 1.29 is 12.8 Å². The average molecular weight is 479 g/mol. The van der Waals surface area contributed by atoms with E-state index in [-0.39, 0.29) is 23.5 Å². The van der Waals surface area contributed by atoms with Crippen molar-refractivity contribution in [1.29, 1.82) is 0 Å². The number of H-pyrrole nitrogens is 1. The monoisotopic (exact) mass is 478 g/mol. The van der Waals surface area contributed by atoms with Crippen LogP contribution in [0.15, 0.2) is 76.4 Å². The Labute approximate surface area is 198 Å². The summed E-state index contributed by atoms with van der Waals surface area (Å²) in [4.78, 5) is 15.8. The summed E-state index contributed by atoms with van der Waals surface area (Å²) >= 11 is 0. The largest absolute Gasteiger partial charge is 0.321 e. The van der Waals surface area contributed by atoms with Gasteiger partial charge in [-0.3, -0.25) is 4.79 Å². The van der Waals surface area contributed by atoms with Crippen molar-refractivity contribution in [3.8, 4) is 0 Å². The number of nitrogens with zero attached hydrogens (tertiary/aromatic N) is 1. The second-order valence-electron chi connectivity index (χ2n) is 8.64. The fourth-order valence-corrected chi connectivity index (χ4v) is 5.63. The third-order valence-corrected chi connectivity index (χ3v) is 7.92. The number of fused-ring (bicyclic) bond motifs is 1. The van der Waals surface area contributed by atoms with Gasteiger partial charge in [-0.05, 0) is 85.7 Å². The number of pyridine rings is 1. The van der Waals surface area contributed by atoms with Crippen molar-refractivity contribution >= 4 is 20.9 Å². The van der Waals surface area contributed by atoms with Gasteiger partial charge in [0.15, 0.2) is 0 Å². The maximum Gasteiger partial charge on any atom is 0.252 e. The van der Waals surface area contributed by atoms with Gasteiger partial charge in [0, 0.05) is 18.7 Å². The zero-order valence-electron chi connectivity index (χ0n) is 19.4. The summed E-state index contributed by atoms with van der Waals surface area (Å²) in [6.07, 6.45) is 0.483. The van der Waals surface area contributed by atoms with Gasteiger partial charge in [-0.1, -0.05) is 35.9 Å². The Morgan fingerprint density at radius 2 is 1.59 bits per heavy atom. The Bertz CT molecular complexity index is 1510. The predicted molar refractivity (Wildman–Crippen MR) is 133 cm³/mol. The fraction of sp³-hybridized carbons (Fsp3) is 0.222. The van der Waals surface area contributed by atoms with Gasteiger partial charge < -0.3 is 4.98 Å². The van der Waals surface area contributed by atoms with E-state index in [9.17, 15) is 17.6 Å². The molecule has 0 aliphatic carbocycles. The van der Waals surface area contributed by atoms with E-state index in [2.05, 4.69) is 4.98 Å². The molecule has 176 valence electrons. The lowest BCUT2D eigenvalue weighted by molar-refractivity contribution is 0.408. The molecule has 1 heterocycles. The molecule has 5 nitrogen and oxygen atoms in total. The molecule has 1 aromatic heterocycles. The maximum absolute atomic E-state index is 13.5. The molecule has 0 atom stereocenters. The summed E-state index contributed by atoms with van der Waals surface area (Å²) in [5, 5.41) is 0.852. The molecule has 7 heteroatoms. The molecule has 1 N–H and O–H groups in total. The van der Waals surface area contributed by atoms with E-state index >= 15 is 0 Å². The van der Waals surface area contributed by atoms with Crippen LogP contribution in [-0.2, 0) is 23.0 Å². The summed E-state index contributed by atoms with van der Waals surface area (Å²) in [5.41, 5.74) is 4.87. The number of hydrogen-bond donors (Lipinski definition) is 1. The minimum absolute atomic E-state index is 0.0115. The molecule has 0 aliphatic rings. The molecule has 4 rings (SSSR count). The van der Waals surface area contributed by atoms with Crippen LogP contribution in [0.1, 0.15) is 27.8 Å². The summed E-state index contributed by atoms with van der Waals surface area (Å²) in [5.74, 6) is -0.512. The van der Waals surface area contributed by atoms with E-state index in [4.69, 9.17) is 0 Å². The smallest absolute Gasteiger partial charge is 0.252 e. The van der Waals surface area contributed by atoms with Crippen LogP contribution in [0, 0.1) is 26.6 Å². The van der Waals surface area contributed by atoms with E-state index in [0.717, 1.165) is 45.3 Å². The highest BCUT2D eigenvalue weighted by atomic mass is 32.2. The zero-order valence-corrected chi connectivity index (χ0v) is 20.2. The van der Waals surface area contributed by atoms with Crippen LogP contribution in [0.3, 0.4) is 0 Å². The van der Waals surface area contributed by atoms with E-state index in [1.54, 1.807) is 6.07 Å². The number of rotatable bonds is 7. The van der Waals surface area contributed by atoms with Crippen LogP contribution in [0.2, 0.25) is 0 Å². The number of hydrogen-bond acceptors (Lipinski definition) is 3. The molecule has 0 unspecified atom stereocenters. The molecule has 0 saturated carbocycles. The Kier molecular flexibility index (Phi) is 6.68. The Hall–Kier alpha value is -3.29. The molecule has 0 bridgehead atoms. The molecule has 0 radical (unpaired) electrons. The van der Waals surface area contributed by atoms with Gasteiger partial charge in [0.2, 0.25) is 10.0 Å². The number of aromatic nitrogens is 1. The van der Waals surface area contributed by atoms with Gasteiger partial charge in [-0.2, -0.15) is 4.31 Å². The summed E-state index contributed by atoms with van der Waals surface area (Å²) in [6, 6.07) is 18.3. The minimum atomic E-state index is -3.97. The number of halogens is 1. The maximum atomic E-state index is 13.5. The first-order valence-corrected chi connectivity index (χ1v) is 12.5. The van der Waals surface area contributed by atoms with E-state index in [1.807, 2.05) is 57.2 Å². The van der Waals surface area contributed by atoms with Gasteiger partial charge >= 0.3 is 0 Å². The molecular weight excluding hydrogens is 451 g/mol. The molecule has 0 aliphatic heterocycles. The zero-order chi connectivity index (χ0) is 24.5. The van der Waals surface area contributed by atoms with Crippen molar-refractivity contribution in [2.45, 2.75) is 38.6 Å². The highest BCUT2D eigenvalue weighted by Gasteiger charge is 2.26. The van der Waals surface area contributed by atoms with Crippen LogP contribution in [0.4, 0.5) is 4.39 Å². The molecule has 0 saturated heterocycles. The Morgan fingerprint density at radius 1 is 0.882 bits per heavy atom. The second kappa shape index (κ2) is 9.52. The number of benzene rings is 3. The van der Waals surface area contributed by atoms with Crippen molar-refractivity contribution in [1.82, 2.24) is 9.29 Å². The molecule has 0 amide bonds. The van der Waals surface area contributed by atoms with Crippen molar-refractivity contribution in [2.75, 3.05) is 6.54 Å². The minimum Gasteiger partial charge on any atom is -0.321 e. The first-order chi connectivity index (χ1) is 16.1. The lowest BCUT2D eigenvalue weighted by atomic mass is 10.0. The molecule has 3 aromatic carbocycles. The van der Waals surface area contributed by atoms with Crippen molar-refractivity contribution in [3.63, 3.8) is 0 Å². The molecule has 0 fully saturated rings. The van der Waals surface area contributed by atoms with Gasteiger partial charge in [0.05, 0.1) is 10.4 Å². The Balaban J connectivity index is 1.74. The van der Waals surface area contributed by atoms with Gasteiger partial charge in [0.25, 0.3) is 5.56 Å². The van der Waals surface area contributed by atoms with E-state index in [0.29, 0.717) is 12.0 Å². The lowest BCUT2D eigenvalue weighted by Gasteiger charge is -2.23. The quantitative estimate of drug-likeness (QED) is 0.405. The standard InChI is InChI=1S/C27H27FN2O3S/c1-18-14-20(3)26-22(15-18)16-23(27(31)29-26)17-30(13-12-21-7-5-4-6-19(21)2)34(32,33)25-10-8-24(28)9-11-25/h4-11,14-16H,12-13,17H2,1-3H3,(H,29,31). The van der Waals surface area contributed by atoms with Crippen LogP contribution >= 0.6 is 0 Å². The van der Waals surface area contributed by atoms with Gasteiger partial charge in [-0.25, -0.2) is 12.8 Å². The normalized spacial score (nSPS) is 11.9. The summed E-state index contributed by atoms with van der Waals surface area (Å²) in [7, 11) is -3.97. The molecular formula is C27H27FN2O3S. The van der Waals surface area contributed by atoms with E-state index < -0.39 is 15.8 Å². The predicted octanol–water partition coefficient (Wildman–Crippen LogP) is 5.03. The van der Waals surface area contributed by atoms with Crippen LogP contribution in [0.25, 0.3) is 10.9 Å². The van der Waals surface area contributed by atoms with Crippen LogP contribution in [-0.4, -0.2) is 24.3 Å². The molecule has 4 aromatic rings. The average Bonchev–Trinajstić information content (AvgIpc) is 2.78. The number of aromatic amines is 1. The van der Waals surface area contributed by atoms with Crippen LogP contribution in [0.5, 0.6) is 0 Å². The first-order valence-electron chi connectivity index (χ1n) is 11.1. The first kappa shape index (κ1) is 23.9. The number of aryl methyl sites for hydroxylation is 3. The SMILES string of the molecule is Cc1cc(C)c2[nH]c(=O)c(CN(CCc3ccccc3C)S(=O)(=O)c3ccc(F)cc3)cc2c1. The van der Waals surface area contributed by atoms with Crippen LogP contribution < -0.4 is 5.56 Å². The lowest BCUT2D eigenvalue weighted by Crippen LogP contribution is -2.34. The van der Waals surface area contributed by atoms with E-state index in [1.165, 1.54) is 16.4 Å². The van der Waals surface area contributed by atoms with Gasteiger partial charge in [-0.15, -0.1) is 0 Å². The Morgan fingerprint density at radius 3 is 2.29 bits per heavy atom.